The summed E-state index contributed by atoms with van der Waals surface area (Å²) in [4.78, 5) is 40.4. The van der Waals surface area contributed by atoms with E-state index in [1.165, 1.54) is 6.92 Å². The van der Waals surface area contributed by atoms with E-state index in [0.717, 1.165) is 37.1 Å². The normalized spacial score (nSPS) is 11.5. The van der Waals surface area contributed by atoms with E-state index in [1.807, 2.05) is 54.6 Å². The van der Waals surface area contributed by atoms with Crippen LogP contribution in [0.1, 0.15) is 62.0 Å². The van der Waals surface area contributed by atoms with E-state index in [-0.39, 0.29) is 18.9 Å². The molecule has 9 nitrogen and oxygen atoms in total. The summed E-state index contributed by atoms with van der Waals surface area (Å²) in [5, 5.41) is 5.64. The highest BCUT2D eigenvalue weighted by Gasteiger charge is 2.22. The molecule has 0 aromatic heterocycles. The van der Waals surface area contributed by atoms with E-state index in [1.54, 1.807) is 18.2 Å². The van der Waals surface area contributed by atoms with Crippen molar-refractivity contribution in [3.05, 3.63) is 89.5 Å². The van der Waals surface area contributed by atoms with E-state index in [9.17, 15) is 14.4 Å². The molecule has 0 aliphatic heterocycles. The van der Waals surface area contributed by atoms with Crippen LogP contribution in [0.2, 0.25) is 0 Å². The van der Waals surface area contributed by atoms with Crippen molar-refractivity contribution in [3.63, 3.8) is 0 Å². The molecule has 2 amide bonds. The number of nitrogens with one attached hydrogen (secondary N) is 2. The lowest BCUT2D eigenvalue weighted by molar-refractivity contribution is -0.125. The molecule has 0 radical (unpaired) electrons. The predicted molar refractivity (Wildman–Crippen MR) is 172 cm³/mol. The van der Waals surface area contributed by atoms with E-state index in [2.05, 4.69) is 36.3 Å². The summed E-state index contributed by atoms with van der Waals surface area (Å²) in [5.41, 5.74) is 2.67. The third-order valence-electron chi connectivity index (χ3n) is 7.07. The lowest BCUT2D eigenvalue weighted by Gasteiger charge is -2.20. The first-order valence-corrected chi connectivity index (χ1v) is 15.3. The van der Waals surface area contributed by atoms with Crippen LogP contribution in [0.25, 0.3) is 0 Å². The van der Waals surface area contributed by atoms with Crippen LogP contribution in [0.15, 0.2) is 72.8 Å². The molecule has 0 aliphatic rings. The van der Waals surface area contributed by atoms with Crippen molar-refractivity contribution in [3.8, 4) is 11.5 Å². The lowest BCUT2D eigenvalue weighted by atomic mass is 10.0. The molecule has 3 aromatic rings. The molecule has 44 heavy (non-hydrogen) atoms. The number of esters is 1. The first-order chi connectivity index (χ1) is 21.3. The minimum absolute atomic E-state index is 0.271. The first kappa shape index (κ1) is 34.1. The average Bonchev–Trinajstić information content (AvgIpc) is 3.03. The van der Waals surface area contributed by atoms with E-state index >= 15 is 0 Å². The highest BCUT2D eigenvalue weighted by Crippen LogP contribution is 2.27. The second-order valence-corrected chi connectivity index (χ2v) is 10.4. The molecule has 0 aliphatic carbocycles. The van der Waals surface area contributed by atoms with Crippen molar-refractivity contribution in [2.45, 2.75) is 59.6 Å². The molecule has 3 rings (SSSR count). The molecule has 0 saturated carbocycles. The van der Waals surface area contributed by atoms with Crippen molar-refractivity contribution >= 4 is 23.5 Å². The molecule has 2 N–H and O–H groups in total. The van der Waals surface area contributed by atoms with Crippen LogP contribution in [0.5, 0.6) is 11.5 Å². The van der Waals surface area contributed by atoms with Crippen molar-refractivity contribution in [1.82, 2.24) is 10.2 Å². The number of carbonyl (C=O) groups excluding carboxylic acids is 3. The van der Waals surface area contributed by atoms with Gasteiger partial charge in [0.05, 0.1) is 17.9 Å². The second-order valence-electron chi connectivity index (χ2n) is 10.4. The largest absolute Gasteiger partial charge is 0.491 e. The van der Waals surface area contributed by atoms with Gasteiger partial charge in [-0.15, -0.1) is 0 Å². The van der Waals surface area contributed by atoms with Crippen LogP contribution in [-0.2, 0) is 27.4 Å². The smallest absolute Gasteiger partial charge is 0.338 e. The highest BCUT2D eigenvalue weighted by atomic mass is 16.5. The zero-order valence-corrected chi connectivity index (χ0v) is 26.3. The number of amides is 2. The standard InChI is InChI=1S/C35H45N3O6/c1-5-8-21-42-33-24-29(35(41)43-22-20-38(6-2)7-3)16-19-31(33)37-34(40)32(36-26(4)39)23-27-14-17-30(18-15-27)44-25-28-12-10-9-11-13-28/h9-19,24,32H,5-8,20-23,25H2,1-4H3,(H,36,39)(H,37,40). The molecule has 0 fully saturated rings. The Labute approximate surface area is 260 Å². The number of likely N-dealkylation sites (N-methyl/N-ethyl adjacent to an activating group) is 1. The fourth-order valence-corrected chi connectivity index (χ4v) is 4.46. The maximum absolute atomic E-state index is 13.4. The van der Waals surface area contributed by atoms with E-state index in [4.69, 9.17) is 14.2 Å². The Bertz CT molecular complexity index is 1330. The Morgan fingerprint density at radius 2 is 1.57 bits per heavy atom. The number of anilines is 1. The molecule has 0 bridgehead atoms. The topological polar surface area (TPSA) is 106 Å². The van der Waals surface area contributed by atoms with Gasteiger partial charge in [0.2, 0.25) is 11.8 Å². The first-order valence-electron chi connectivity index (χ1n) is 15.3. The minimum Gasteiger partial charge on any atom is -0.491 e. The highest BCUT2D eigenvalue weighted by molar-refractivity contribution is 5.99. The van der Waals surface area contributed by atoms with Gasteiger partial charge in [0.15, 0.2) is 0 Å². The number of unbranched alkanes of at least 4 members (excludes halogenated alkanes) is 1. The number of nitrogens with zero attached hydrogens (tertiary/aromatic N) is 1. The maximum atomic E-state index is 13.4. The van der Waals surface area contributed by atoms with Gasteiger partial charge in [-0.1, -0.05) is 69.7 Å². The van der Waals surface area contributed by atoms with Gasteiger partial charge in [0, 0.05) is 19.9 Å². The minimum atomic E-state index is -0.836. The molecule has 236 valence electrons. The fraction of sp³-hybridized carbons (Fsp3) is 0.400. The molecular formula is C35H45N3O6. The summed E-state index contributed by atoms with van der Waals surface area (Å²) < 4.78 is 17.3. The summed E-state index contributed by atoms with van der Waals surface area (Å²) >= 11 is 0. The molecule has 1 atom stereocenters. The molecule has 0 saturated heterocycles. The Morgan fingerprint density at radius 1 is 0.841 bits per heavy atom. The number of hydrogen-bond donors (Lipinski definition) is 2. The third kappa shape index (κ3) is 11.4. The van der Waals surface area contributed by atoms with Crippen LogP contribution in [-0.4, -0.2) is 61.6 Å². The predicted octanol–water partition coefficient (Wildman–Crippen LogP) is 5.63. The van der Waals surface area contributed by atoms with Gasteiger partial charge >= 0.3 is 5.97 Å². The van der Waals surface area contributed by atoms with Gasteiger partial charge in [0.1, 0.15) is 30.8 Å². The number of carbonyl (C=O) groups is 3. The molecule has 0 spiro atoms. The quantitative estimate of drug-likeness (QED) is 0.143. The molecule has 9 heteroatoms. The average molecular weight is 604 g/mol. The SMILES string of the molecule is CCCCOc1cc(C(=O)OCCN(CC)CC)ccc1NC(=O)C(Cc1ccc(OCc2ccccc2)cc1)NC(C)=O. The summed E-state index contributed by atoms with van der Waals surface area (Å²) in [6, 6.07) is 21.3. The van der Waals surface area contributed by atoms with Crippen LogP contribution in [0.4, 0.5) is 5.69 Å². The van der Waals surface area contributed by atoms with Crippen molar-refractivity contribution in [1.29, 1.82) is 0 Å². The summed E-state index contributed by atoms with van der Waals surface area (Å²) in [6.07, 6.45) is 2.01. The third-order valence-corrected chi connectivity index (χ3v) is 7.07. The van der Waals surface area contributed by atoms with E-state index in [0.29, 0.717) is 42.5 Å². The Morgan fingerprint density at radius 3 is 2.23 bits per heavy atom. The van der Waals surface area contributed by atoms with Crippen molar-refractivity contribution in [2.24, 2.45) is 0 Å². The zero-order chi connectivity index (χ0) is 31.7. The molecular weight excluding hydrogens is 558 g/mol. The van der Waals surface area contributed by atoms with Gasteiger partial charge in [-0.25, -0.2) is 4.79 Å². The second kappa shape index (κ2) is 18.3. The van der Waals surface area contributed by atoms with Gasteiger partial charge in [-0.05, 0) is 61.0 Å². The molecule has 3 aromatic carbocycles. The van der Waals surface area contributed by atoms with E-state index < -0.39 is 17.9 Å². The van der Waals surface area contributed by atoms with Crippen LogP contribution in [0, 0.1) is 0 Å². The number of ether oxygens (including phenoxy) is 3. The van der Waals surface area contributed by atoms with Gasteiger partial charge < -0.3 is 29.7 Å². The number of rotatable bonds is 18. The molecule has 1 unspecified atom stereocenters. The monoisotopic (exact) mass is 603 g/mol. The van der Waals surface area contributed by atoms with Crippen LogP contribution in [0.3, 0.4) is 0 Å². The summed E-state index contributed by atoms with van der Waals surface area (Å²) in [7, 11) is 0. The summed E-state index contributed by atoms with van der Waals surface area (Å²) in [6.45, 7) is 11.1. The number of hydrogen-bond acceptors (Lipinski definition) is 7. The molecule has 0 heterocycles. The Balaban J connectivity index is 1.69. The Hall–Kier alpha value is -4.37. The Kier molecular flexibility index (Phi) is 14.2. The van der Waals surface area contributed by atoms with Crippen molar-refractivity contribution < 1.29 is 28.6 Å². The van der Waals surface area contributed by atoms with Gasteiger partial charge in [0.25, 0.3) is 0 Å². The van der Waals surface area contributed by atoms with Gasteiger partial charge in [-0.3, -0.25) is 9.59 Å². The summed E-state index contributed by atoms with van der Waals surface area (Å²) in [5.74, 6) is -0.109. The maximum Gasteiger partial charge on any atom is 0.338 e. The zero-order valence-electron chi connectivity index (χ0n) is 26.3. The van der Waals surface area contributed by atoms with Crippen LogP contribution >= 0.6 is 0 Å². The van der Waals surface area contributed by atoms with Crippen molar-refractivity contribution in [2.75, 3.05) is 38.2 Å². The lowest BCUT2D eigenvalue weighted by Crippen LogP contribution is -2.44. The van der Waals surface area contributed by atoms with Gasteiger partial charge in [-0.2, -0.15) is 0 Å². The van der Waals surface area contributed by atoms with Crippen LogP contribution < -0.4 is 20.1 Å². The number of benzene rings is 3. The fourth-order valence-electron chi connectivity index (χ4n) is 4.46.